The highest BCUT2D eigenvalue weighted by atomic mass is 79.9. The minimum Gasteiger partial charge on any atom is -0.456 e. The van der Waals surface area contributed by atoms with Crippen LogP contribution in [0, 0.1) is 5.82 Å². The zero-order valence-corrected chi connectivity index (χ0v) is 11.8. The molecule has 0 bridgehead atoms. The molecule has 0 aromatic heterocycles. The van der Waals surface area contributed by atoms with Gasteiger partial charge in [0.15, 0.2) is 0 Å². The van der Waals surface area contributed by atoms with Crippen molar-refractivity contribution in [3.63, 3.8) is 0 Å². The Balaban J connectivity index is 1.90. The molecule has 1 atom stereocenters. The number of hydrogen-bond acceptors (Lipinski definition) is 3. The fraction of sp³-hybridized carbons (Fsp3) is 0.0714. The van der Waals surface area contributed by atoms with E-state index in [2.05, 4.69) is 21.2 Å². The highest BCUT2D eigenvalue weighted by molar-refractivity contribution is 9.10. The second-order valence-electron chi connectivity index (χ2n) is 4.39. The zero-order chi connectivity index (χ0) is 14.3. The number of nitrogens with one attached hydrogen (secondary N) is 1. The fourth-order valence-electron chi connectivity index (χ4n) is 2.01. The molecule has 1 aliphatic rings. The molecule has 4 nitrogen and oxygen atoms in total. The molecule has 6 heteroatoms. The zero-order valence-electron chi connectivity index (χ0n) is 10.2. The van der Waals surface area contributed by atoms with Gasteiger partial charge in [0, 0.05) is 17.3 Å². The molecule has 2 aromatic carbocycles. The number of nitrogens with two attached hydrogens (primary N) is 1. The Morgan fingerprint density at radius 3 is 2.80 bits per heavy atom. The summed E-state index contributed by atoms with van der Waals surface area (Å²) < 4.78 is 19.2. The molecule has 20 heavy (non-hydrogen) atoms. The van der Waals surface area contributed by atoms with E-state index in [9.17, 15) is 9.18 Å². The van der Waals surface area contributed by atoms with Gasteiger partial charge in [-0.05, 0) is 40.2 Å². The second-order valence-corrected chi connectivity index (χ2v) is 5.25. The molecule has 0 saturated heterocycles. The average Bonchev–Trinajstić information content (AvgIpc) is 2.68. The lowest BCUT2D eigenvalue weighted by atomic mass is 10.1. The summed E-state index contributed by atoms with van der Waals surface area (Å²) in [7, 11) is 0. The number of ether oxygens (including phenoxy) is 1. The fourth-order valence-corrected chi connectivity index (χ4v) is 2.45. The van der Waals surface area contributed by atoms with Gasteiger partial charge in [-0.3, -0.25) is 4.79 Å². The maximum absolute atomic E-state index is 13.0. The molecule has 1 aliphatic heterocycles. The van der Waals surface area contributed by atoms with Gasteiger partial charge in [-0.2, -0.15) is 0 Å². The largest absolute Gasteiger partial charge is 0.456 e. The molecule has 1 amide bonds. The van der Waals surface area contributed by atoms with Crippen LogP contribution in [0.1, 0.15) is 11.6 Å². The number of fused-ring (bicyclic) bond motifs is 1. The maximum Gasteiger partial charge on any atom is 0.245 e. The number of anilines is 1. The molecule has 0 aliphatic carbocycles. The Bertz CT molecular complexity index is 706. The van der Waals surface area contributed by atoms with Crippen molar-refractivity contribution in [1.29, 1.82) is 0 Å². The van der Waals surface area contributed by atoms with Crippen molar-refractivity contribution < 1.29 is 13.9 Å². The number of amides is 1. The van der Waals surface area contributed by atoms with Crippen LogP contribution in [0.3, 0.4) is 0 Å². The third-order valence-corrected chi connectivity index (χ3v) is 3.64. The molecule has 2 aromatic rings. The van der Waals surface area contributed by atoms with E-state index in [0.29, 0.717) is 21.7 Å². The van der Waals surface area contributed by atoms with Gasteiger partial charge in [-0.15, -0.1) is 0 Å². The van der Waals surface area contributed by atoms with E-state index in [1.54, 1.807) is 18.2 Å². The number of rotatable bonds is 2. The summed E-state index contributed by atoms with van der Waals surface area (Å²) in [5.41, 5.74) is 7.11. The van der Waals surface area contributed by atoms with E-state index >= 15 is 0 Å². The first kappa shape index (κ1) is 13.1. The Morgan fingerprint density at radius 2 is 2.05 bits per heavy atom. The first-order chi connectivity index (χ1) is 9.54. The number of carbonyl (C=O) groups excluding carboxylic acids is 1. The van der Waals surface area contributed by atoms with E-state index < -0.39 is 6.04 Å². The smallest absolute Gasteiger partial charge is 0.245 e. The van der Waals surface area contributed by atoms with Crippen LogP contribution >= 0.6 is 15.9 Å². The van der Waals surface area contributed by atoms with Gasteiger partial charge in [-0.25, -0.2) is 4.39 Å². The van der Waals surface area contributed by atoms with Gasteiger partial charge < -0.3 is 15.8 Å². The van der Waals surface area contributed by atoms with E-state index in [1.807, 2.05) is 0 Å². The molecule has 0 fully saturated rings. The summed E-state index contributed by atoms with van der Waals surface area (Å²) in [5, 5.41) is 2.68. The predicted molar refractivity (Wildman–Crippen MR) is 76.2 cm³/mol. The minimum atomic E-state index is -0.642. The summed E-state index contributed by atoms with van der Waals surface area (Å²) in [6.45, 7) is 0. The molecular weight excluding hydrogens is 327 g/mol. The van der Waals surface area contributed by atoms with Crippen LogP contribution in [-0.4, -0.2) is 5.91 Å². The van der Waals surface area contributed by atoms with Crippen molar-refractivity contribution in [2.45, 2.75) is 6.04 Å². The van der Waals surface area contributed by atoms with E-state index in [0.717, 1.165) is 5.56 Å². The summed E-state index contributed by atoms with van der Waals surface area (Å²) in [6.07, 6.45) is 0. The van der Waals surface area contributed by atoms with Crippen LogP contribution in [0.15, 0.2) is 40.9 Å². The Morgan fingerprint density at radius 1 is 1.25 bits per heavy atom. The van der Waals surface area contributed by atoms with E-state index in [4.69, 9.17) is 10.5 Å². The van der Waals surface area contributed by atoms with Crippen molar-refractivity contribution in [2.24, 2.45) is 5.73 Å². The molecule has 1 heterocycles. The second kappa shape index (κ2) is 4.88. The Hall–Kier alpha value is -1.92. The van der Waals surface area contributed by atoms with Crippen LogP contribution in [0.25, 0.3) is 0 Å². The predicted octanol–water partition coefficient (Wildman–Crippen LogP) is 3.33. The average molecular weight is 337 g/mol. The number of benzene rings is 2. The minimum absolute atomic E-state index is 0.236. The van der Waals surface area contributed by atoms with Crippen LogP contribution < -0.4 is 15.8 Å². The topological polar surface area (TPSA) is 64.4 Å². The molecular formula is C14H10BrFN2O2. The summed E-state index contributed by atoms with van der Waals surface area (Å²) in [6, 6.07) is 8.66. The Labute approximate surface area is 122 Å². The van der Waals surface area contributed by atoms with E-state index in [-0.39, 0.29) is 11.7 Å². The van der Waals surface area contributed by atoms with Crippen molar-refractivity contribution in [3.8, 4) is 11.5 Å². The van der Waals surface area contributed by atoms with Crippen molar-refractivity contribution >= 4 is 27.5 Å². The number of halogens is 2. The van der Waals surface area contributed by atoms with Crippen LogP contribution in [0.4, 0.5) is 10.1 Å². The standard InChI is InChI=1S/C14H10BrFN2O2/c15-10-5-7(16)1-4-12(10)20-8-2-3-9-11(6-8)18-14(19)13(9)17/h1-6,13H,17H2,(H,18,19). The molecule has 3 rings (SSSR count). The monoisotopic (exact) mass is 336 g/mol. The molecule has 3 N–H and O–H groups in total. The van der Waals surface area contributed by atoms with Crippen LogP contribution in [0.2, 0.25) is 0 Å². The SMILES string of the molecule is NC1C(=O)Nc2cc(Oc3ccc(F)cc3Br)ccc21. The summed E-state index contributed by atoms with van der Waals surface area (Å²) in [5.74, 6) is 0.432. The summed E-state index contributed by atoms with van der Waals surface area (Å²) in [4.78, 5) is 11.5. The number of hydrogen-bond donors (Lipinski definition) is 2. The van der Waals surface area contributed by atoms with Gasteiger partial charge in [-0.1, -0.05) is 6.07 Å². The van der Waals surface area contributed by atoms with Gasteiger partial charge in [0.25, 0.3) is 0 Å². The lowest BCUT2D eigenvalue weighted by molar-refractivity contribution is -0.116. The van der Waals surface area contributed by atoms with E-state index in [1.165, 1.54) is 18.2 Å². The quantitative estimate of drug-likeness (QED) is 0.884. The highest BCUT2D eigenvalue weighted by Gasteiger charge is 2.27. The van der Waals surface area contributed by atoms with Crippen LogP contribution in [0.5, 0.6) is 11.5 Å². The Kier molecular flexibility index (Phi) is 3.19. The molecule has 1 unspecified atom stereocenters. The van der Waals surface area contributed by atoms with Crippen LogP contribution in [-0.2, 0) is 4.79 Å². The first-order valence-corrected chi connectivity index (χ1v) is 6.67. The highest BCUT2D eigenvalue weighted by Crippen LogP contribution is 2.35. The molecule has 0 radical (unpaired) electrons. The van der Waals surface area contributed by atoms with Gasteiger partial charge in [0.05, 0.1) is 4.47 Å². The molecule has 0 spiro atoms. The third kappa shape index (κ3) is 2.28. The third-order valence-electron chi connectivity index (χ3n) is 3.02. The summed E-state index contributed by atoms with van der Waals surface area (Å²) >= 11 is 3.23. The lowest BCUT2D eigenvalue weighted by Gasteiger charge is -2.09. The molecule has 102 valence electrons. The normalized spacial score (nSPS) is 16.8. The molecule has 0 saturated carbocycles. The van der Waals surface area contributed by atoms with Crippen molar-refractivity contribution in [1.82, 2.24) is 0 Å². The van der Waals surface area contributed by atoms with Gasteiger partial charge in [0.1, 0.15) is 23.4 Å². The maximum atomic E-state index is 13.0. The van der Waals surface area contributed by atoms with Gasteiger partial charge in [0.2, 0.25) is 5.91 Å². The first-order valence-electron chi connectivity index (χ1n) is 5.88. The van der Waals surface area contributed by atoms with Gasteiger partial charge >= 0.3 is 0 Å². The number of carbonyl (C=O) groups is 1. The van der Waals surface area contributed by atoms with Crippen molar-refractivity contribution in [3.05, 3.63) is 52.3 Å². The lowest BCUT2D eigenvalue weighted by Crippen LogP contribution is -2.19. The van der Waals surface area contributed by atoms with Crippen molar-refractivity contribution in [2.75, 3.05) is 5.32 Å².